The molecule has 6 heteroatoms. The normalized spacial score (nSPS) is 10.3. The highest BCUT2D eigenvalue weighted by Gasteiger charge is 2.09. The van der Waals surface area contributed by atoms with E-state index in [1.165, 1.54) is 14.2 Å². The summed E-state index contributed by atoms with van der Waals surface area (Å²) in [6.45, 7) is 0.292. The van der Waals surface area contributed by atoms with Crippen molar-refractivity contribution in [3.05, 3.63) is 47.2 Å². The first-order chi connectivity index (χ1) is 9.60. The molecule has 1 heterocycles. The van der Waals surface area contributed by atoms with E-state index >= 15 is 0 Å². The number of hydrogen-bond acceptors (Lipinski definition) is 3. The standard InChI is InChI=1S/C14H15ClN2O3/c1-17(19-2)14(18)16-9-12-7-8-13(20-12)10-3-5-11(15)6-4-10/h3-8H,9H2,1-2H3,(H,16,18). The molecule has 0 spiro atoms. The Labute approximate surface area is 122 Å². The number of urea groups is 1. The summed E-state index contributed by atoms with van der Waals surface area (Å²) in [5.41, 5.74) is 0.931. The minimum Gasteiger partial charge on any atom is -0.459 e. The van der Waals surface area contributed by atoms with Gasteiger partial charge in [0.1, 0.15) is 11.5 Å². The average molecular weight is 295 g/mol. The molecule has 0 radical (unpaired) electrons. The van der Waals surface area contributed by atoms with E-state index in [1.54, 1.807) is 12.1 Å². The Morgan fingerprint density at radius 1 is 1.30 bits per heavy atom. The molecule has 20 heavy (non-hydrogen) atoms. The van der Waals surface area contributed by atoms with Gasteiger partial charge in [-0.05, 0) is 36.4 Å². The van der Waals surface area contributed by atoms with Crippen molar-refractivity contribution in [2.24, 2.45) is 0 Å². The first-order valence-corrected chi connectivity index (χ1v) is 6.38. The minimum atomic E-state index is -0.336. The van der Waals surface area contributed by atoms with E-state index in [1.807, 2.05) is 24.3 Å². The Bertz CT molecular complexity index is 580. The molecule has 0 atom stereocenters. The zero-order chi connectivity index (χ0) is 14.5. The molecule has 0 unspecified atom stereocenters. The SMILES string of the molecule is CON(C)C(=O)NCc1ccc(-c2ccc(Cl)cc2)o1. The molecule has 1 aromatic carbocycles. The van der Waals surface area contributed by atoms with Crippen LogP contribution in [-0.2, 0) is 11.4 Å². The Kier molecular flexibility index (Phi) is 4.65. The molecule has 0 aliphatic heterocycles. The molecular formula is C14H15ClN2O3. The Morgan fingerprint density at radius 2 is 2.00 bits per heavy atom. The zero-order valence-electron chi connectivity index (χ0n) is 11.2. The maximum absolute atomic E-state index is 11.5. The van der Waals surface area contributed by atoms with Crippen LogP contribution in [0.25, 0.3) is 11.3 Å². The summed E-state index contributed by atoms with van der Waals surface area (Å²) in [5.74, 6) is 1.39. The second-order valence-corrected chi connectivity index (χ2v) is 4.55. The highest BCUT2D eigenvalue weighted by molar-refractivity contribution is 6.30. The number of carbonyl (C=O) groups is 1. The van der Waals surface area contributed by atoms with Crippen LogP contribution < -0.4 is 5.32 Å². The van der Waals surface area contributed by atoms with E-state index in [0.717, 1.165) is 16.4 Å². The molecule has 0 fully saturated rings. The van der Waals surface area contributed by atoms with Crippen LogP contribution in [0.1, 0.15) is 5.76 Å². The van der Waals surface area contributed by atoms with E-state index in [9.17, 15) is 4.79 Å². The number of nitrogens with one attached hydrogen (secondary N) is 1. The maximum Gasteiger partial charge on any atom is 0.341 e. The fourth-order valence-electron chi connectivity index (χ4n) is 1.60. The fraction of sp³-hybridized carbons (Fsp3) is 0.214. The summed E-state index contributed by atoms with van der Waals surface area (Å²) in [6.07, 6.45) is 0. The molecule has 2 rings (SSSR count). The summed E-state index contributed by atoms with van der Waals surface area (Å²) < 4.78 is 5.66. The van der Waals surface area contributed by atoms with Crippen molar-refractivity contribution in [3.63, 3.8) is 0 Å². The van der Waals surface area contributed by atoms with Crippen LogP contribution in [0.15, 0.2) is 40.8 Å². The third kappa shape index (κ3) is 3.53. The van der Waals surface area contributed by atoms with Gasteiger partial charge in [-0.1, -0.05) is 11.6 Å². The van der Waals surface area contributed by atoms with Crippen LogP contribution in [0.2, 0.25) is 5.02 Å². The molecule has 1 aromatic heterocycles. The Balaban J connectivity index is 1.99. The first-order valence-electron chi connectivity index (χ1n) is 6.00. The number of hydrogen-bond donors (Lipinski definition) is 1. The smallest absolute Gasteiger partial charge is 0.341 e. The largest absolute Gasteiger partial charge is 0.459 e. The molecule has 0 saturated heterocycles. The Hall–Kier alpha value is -1.98. The summed E-state index contributed by atoms with van der Waals surface area (Å²) in [7, 11) is 2.95. The van der Waals surface area contributed by atoms with Crippen LogP contribution in [0.5, 0.6) is 0 Å². The summed E-state index contributed by atoms with van der Waals surface area (Å²) in [4.78, 5) is 16.3. The molecule has 106 valence electrons. The Morgan fingerprint density at radius 3 is 2.65 bits per heavy atom. The number of rotatable bonds is 4. The molecular weight excluding hydrogens is 280 g/mol. The highest BCUT2D eigenvalue weighted by Crippen LogP contribution is 2.23. The van der Waals surface area contributed by atoms with Crippen molar-refractivity contribution >= 4 is 17.6 Å². The van der Waals surface area contributed by atoms with Crippen LogP contribution in [0.4, 0.5) is 4.79 Å². The van der Waals surface area contributed by atoms with Gasteiger partial charge in [0, 0.05) is 17.6 Å². The molecule has 5 nitrogen and oxygen atoms in total. The summed E-state index contributed by atoms with van der Waals surface area (Å²) in [6, 6.07) is 10.7. The van der Waals surface area contributed by atoms with E-state index in [4.69, 9.17) is 20.9 Å². The van der Waals surface area contributed by atoms with Crippen molar-refractivity contribution in [1.82, 2.24) is 10.4 Å². The van der Waals surface area contributed by atoms with Gasteiger partial charge in [0.25, 0.3) is 0 Å². The number of halogens is 1. The van der Waals surface area contributed by atoms with E-state index in [2.05, 4.69) is 5.32 Å². The van der Waals surface area contributed by atoms with Gasteiger partial charge in [0.2, 0.25) is 0 Å². The van der Waals surface area contributed by atoms with Crippen molar-refractivity contribution in [3.8, 4) is 11.3 Å². The maximum atomic E-state index is 11.5. The van der Waals surface area contributed by atoms with E-state index in [0.29, 0.717) is 17.3 Å². The first kappa shape index (κ1) is 14.4. The molecule has 0 aliphatic rings. The van der Waals surface area contributed by atoms with Crippen molar-refractivity contribution in [2.75, 3.05) is 14.2 Å². The van der Waals surface area contributed by atoms with Gasteiger partial charge in [0.05, 0.1) is 13.7 Å². The lowest BCUT2D eigenvalue weighted by Gasteiger charge is -2.13. The lowest BCUT2D eigenvalue weighted by Crippen LogP contribution is -2.35. The molecule has 0 aliphatic carbocycles. The van der Waals surface area contributed by atoms with E-state index < -0.39 is 0 Å². The predicted molar refractivity (Wildman–Crippen MR) is 76.2 cm³/mol. The number of furan rings is 1. The third-order valence-electron chi connectivity index (χ3n) is 2.76. The number of benzene rings is 1. The van der Waals surface area contributed by atoms with Crippen LogP contribution in [0.3, 0.4) is 0 Å². The van der Waals surface area contributed by atoms with Gasteiger partial charge in [-0.15, -0.1) is 0 Å². The summed E-state index contributed by atoms with van der Waals surface area (Å²) >= 11 is 5.84. The molecule has 2 amide bonds. The van der Waals surface area contributed by atoms with Crippen LogP contribution in [-0.4, -0.2) is 25.3 Å². The van der Waals surface area contributed by atoms with Crippen LogP contribution >= 0.6 is 11.6 Å². The predicted octanol–water partition coefficient (Wildman–Crippen LogP) is 3.30. The zero-order valence-corrected chi connectivity index (χ0v) is 12.0. The molecule has 0 bridgehead atoms. The lowest BCUT2D eigenvalue weighted by atomic mass is 10.2. The third-order valence-corrected chi connectivity index (χ3v) is 3.02. The van der Waals surface area contributed by atoms with Gasteiger partial charge in [-0.2, -0.15) is 0 Å². The second-order valence-electron chi connectivity index (χ2n) is 4.11. The number of nitrogens with zero attached hydrogens (tertiary/aromatic N) is 1. The van der Waals surface area contributed by atoms with Crippen molar-refractivity contribution in [2.45, 2.75) is 6.54 Å². The topological polar surface area (TPSA) is 54.7 Å². The fourth-order valence-corrected chi connectivity index (χ4v) is 1.73. The van der Waals surface area contributed by atoms with Gasteiger partial charge in [-0.3, -0.25) is 4.84 Å². The van der Waals surface area contributed by atoms with Crippen LogP contribution in [0, 0.1) is 0 Å². The van der Waals surface area contributed by atoms with E-state index in [-0.39, 0.29) is 6.03 Å². The molecule has 2 aromatic rings. The quantitative estimate of drug-likeness (QED) is 0.880. The highest BCUT2D eigenvalue weighted by atomic mass is 35.5. The van der Waals surface area contributed by atoms with Gasteiger partial charge in [0.15, 0.2) is 0 Å². The summed E-state index contributed by atoms with van der Waals surface area (Å²) in [5, 5.41) is 4.45. The van der Waals surface area contributed by atoms with Gasteiger partial charge in [-0.25, -0.2) is 9.86 Å². The number of amides is 2. The van der Waals surface area contributed by atoms with Crippen molar-refractivity contribution < 1.29 is 14.0 Å². The second kappa shape index (κ2) is 6.45. The molecule has 0 saturated carbocycles. The molecule has 1 N–H and O–H groups in total. The number of carbonyl (C=O) groups excluding carboxylic acids is 1. The van der Waals surface area contributed by atoms with Gasteiger partial charge < -0.3 is 9.73 Å². The average Bonchev–Trinajstić information content (AvgIpc) is 2.93. The van der Waals surface area contributed by atoms with Gasteiger partial charge >= 0.3 is 6.03 Å². The number of hydroxylamine groups is 2. The van der Waals surface area contributed by atoms with Crippen molar-refractivity contribution in [1.29, 1.82) is 0 Å². The minimum absolute atomic E-state index is 0.292. The lowest BCUT2D eigenvalue weighted by molar-refractivity contribution is -0.0649. The monoisotopic (exact) mass is 294 g/mol.